The van der Waals surface area contributed by atoms with Gasteiger partial charge in [-0.05, 0) is 43.1 Å². The zero-order chi connectivity index (χ0) is 17.8. The Kier molecular flexibility index (Phi) is 5.24. The van der Waals surface area contributed by atoms with Crippen molar-refractivity contribution >= 4 is 22.5 Å². The number of nitrogens with zero attached hydrogens (tertiary/aromatic N) is 2. The van der Waals surface area contributed by atoms with Gasteiger partial charge in [0, 0.05) is 11.6 Å². The first-order chi connectivity index (χ1) is 12.2. The summed E-state index contributed by atoms with van der Waals surface area (Å²) in [5.41, 5.74) is 1.91. The minimum absolute atomic E-state index is 0.0325. The van der Waals surface area contributed by atoms with Crippen LogP contribution < -0.4 is 14.2 Å². The molecule has 0 aliphatic heterocycles. The topological polar surface area (TPSA) is 58.3 Å². The van der Waals surface area contributed by atoms with Crippen molar-refractivity contribution in [1.82, 2.24) is 4.98 Å². The summed E-state index contributed by atoms with van der Waals surface area (Å²) in [6.07, 6.45) is 0. The van der Waals surface area contributed by atoms with Gasteiger partial charge >= 0.3 is 5.82 Å². The number of para-hydroxylation sites is 1. The second-order valence-corrected chi connectivity index (χ2v) is 5.65. The van der Waals surface area contributed by atoms with Crippen LogP contribution in [-0.4, -0.2) is 18.2 Å². The number of ether oxygens (including phenoxy) is 2. The predicted octanol–water partition coefficient (Wildman–Crippen LogP) is 4.07. The first kappa shape index (κ1) is 17.3. The average molecular weight is 359 g/mol. The van der Waals surface area contributed by atoms with Crippen molar-refractivity contribution in [3.63, 3.8) is 0 Å². The molecule has 0 amide bonds. The molecule has 1 heterocycles. The second kappa shape index (κ2) is 7.57. The molecule has 0 unspecified atom stereocenters. The standard InChI is InChI=1S/C19H19ClN2O3/c1-3-24-14-9-13(10-15(11-14)25-4-2)19-16-7-5-6-8-17(16)21-18(12-20)22(19)23/h5-11H,3-4,12H2,1-2H3. The molecule has 0 atom stereocenters. The van der Waals surface area contributed by atoms with Crippen LogP contribution in [0.15, 0.2) is 42.5 Å². The van der Waals surface area contributed by atoms with Gasteiger partial charge in [-0.3, -0.25) is 0 Å². The third kappa shape index (κ3) is 3.46. The van der Waals surface area contributed by atoms with E-state index in [9.17, 15) is 5.21 Å². The molecular weight excluding hydrogens is 340 g/mol. The average Bonchev–Trinajstić information content (AvgIpc) is 2.61. The lowest BCUT2D eigenvalue weighted by Crippen LogP contribution is -2.35. The Morgan fingerprint density at radius 3 is 2.28 bits per heavy atom. The third-order valence-corrected chi connectivity index (χ3v) is 3.98. The highest BCUT2D eigenvalue weighted by atomic mass is 35.5. The highest BCUT2D eigenvalue weighted by Gasteiger charge is 2.20. The molecule has 3 rings (SSSR count). The normalized spacial score (nSPS) is 10.8. The molecule has 0 spiro atoms. The van der Waals surface area contributed by atoms with Crippen LogP contribution >= 0.6 is 11.6 Å². The van der Waals surface area contributed by atoms with Crippen molar-refractivity contribution in [2.45, 2.75) is 19.7 Å². The second-order valence-electron chi connectivity index (χ2n) is 5.38. The fourth-order valence-corrected chi connectivity index (χ4v) is 2.93. The van der Waals surface area contributed by atoms with E-state index in [1.54, 1.807) is 0 Å². The van der Waals surface area contributed by atoms with Crippen LogP contribution in [-0.2, 0) is 5.88 Å². The lowest BCUT2D eigenvalue weighted by Gasteiger charge is -2.15. The number of benzene rings is 2. The zero-order valence-electron chi connectivity index (χ0n) is 14.2. The predicted molar refractivity (Wildman–Crippen MR) is 98.0 cm³/mol. The largest absolute Gasteiger partial charge is 0.710 e. The first-order valence-corrected chi connectivity index (χ1v) is 8.69. The van der Waals surface area contributed by atoms with Crippen molar-refractivity contribution < 1.29 is 14.2 Å². The molecule has 2 aromatic carbocycles. The lowest BCUT2D eigenvalue weighted by molar-refractivity contribution is -0.603. The Labute approximate surface area is 151 Å². The van der Waals surface area contributed by atoms with E-state index in [1.807, 2.05) is 56.3 Å². The van der Waals surface area contributed by atoms with Crippen LogP contribution in [0.25, 0.3) is 22.2 Å². The van der Waals surface area contributed by atoms with Crippen LogP contribution in [0.5, 0.6) is 11.5 Å². The zero-order valence-corrected chi connectivity index (χ0v) is 14.9. The maximum atomic E-state index is 12.8. The number of halogens is 1. The van der Waals surface area contributed by atoms with Crippen molar-refractivity contribution in [2.75, 3.05) is 13.2 Å². The van der Waals surface area contributed by atoms with E-state index in [0.717, 1.165) is 15.6 Å². The van der Waals surface area contributed by atoms with Gasteiger partial charge < -0.3 is 14.7 Å². The van der Waals surface area contributed by atoms with E-state index in [1.165, 1.54) is 0 Å². The smallest absolute Gasteiger partial charge is 0.317 e. The van der Waals surface area contributed by atoms with Crippen LogP contribution in [0.3, 0.4) is 0 Å². The van der Waals surface area contributed by atoms with Crippen LogP contribution in [0.1, 0.15) is 19.7 Å². The van der Waals surface area contributed by atoms with Gasteiger partial charge in [-0.2, -0.15) is 0 Å². The molecule has 0 fully saturated rings. The van der Waals surface area contributed by atoms with Gasteiger partial charge in [-0.15, -0.1) is 11.6 Å². The van der Waals surface area contributed by atoms with Crippen LogP contribution in [0, 0.1) is 5.21 Å². The Bertz CT molecular complexity index is 875. The molecule has 0 aliphatic carbocycles. The SMILES string of the molecule is CCOc1cc(OCC)cc(-c2c3ccccc3nc(CCl)[n+]2[O-])c1. The maximum Gasteiger partial charge on any atom is 0.317 e. The van der Waals surface area contributed by atoms with E-state index in [-0.39, 0.29) is 11.7 Å². The van der Waals surface area contributed by atoms with E-state index in [4.69, 9.17) is 21.1 Å². The first-order valence-electron chi connectivity index (χ1n) is 8.16. The van der Waals surface area contributed by atoms with Gasteiger partial charge in [-0.1, -0.05) is 12.1 Å². The molecule has 6 heteroatoms. The Balaban J connectivity index is 2.29. The van der Waals surface area contributed by atoms with Gasteiger partial charge in [-0.25, -0.2) is 4.73 Å². The van der Waals surface area contributed by atoms with Crippen molar-refractivity contribution in [1.29, 1.82) is 0 Å². The third-order valence-electron chi connectivity index (χ3n) is 3.74. The van der Waals surface area contributed by atoms with E-state index in [2.05, 4.69) is 4.98 Å². The summed E-state index contributed by atoms with van der Waals surface area (Å²) in [6.45, 7) is 4.87. The number of rotatable bonds is 6. The quantitative estimate of drug-likeness (QED) is 0.378. The summed E-state index contributed by atoms with van der Waals surface area (Å²) in [5, 5.41) is 13.6. The molecule has 0 saturated carbocycles. The number of fused-ring (bicyclic) bond motifs is 1. The van der Waals surface area contributed by atoms with Gasteiger partial charge in [0.2, 0.25) is 0 Å². The van der Waals surface area contributed by atoms with Crippen LogP contribution in [0.2, 0.25) is 0 Å². The Hall–Kier alpha value is -2.53. The summed E-state index contributed by atoms with van der Waals surface area (Å²) in [5.74, 6) is 1.59. The molecule has 0 radical (unpaired) electrons. The van der Waals surface area contributed by atoms with Crippen molar-refractivity contribution in [3.05, 3.63) is 53.5 Å². The fourth-order valence-electron chi connectivity index (χ4n) is 2.76. The van der Waals surface area contributed by atoms with Crippen molar-refractivity contribution in [2.24, 2.45) is 0 Å². The number of hydrogen-bond donors (Lipinski definition) is 0. The van der Waals surface area contributed by atoms with Crippen LogP contribution in [0.4, 0.5) is 0 Å². The monoisotopic (exact) mass is 358 g/mol. The van der Waals surface area contributed by atoms with Gasteiger partial charge in [0.15, 0.2) is 5.52 Å². The molecule has 0 bridgehead atoms. The van der Waals surface area contributed by atoms with E-state index < -0.39 is 0 Å². The highest BCUT2D eigenvalue weighted by molar-refractivity contribution is 6.16. The molecular formula is C19H19ClN2O3. The molecule has 0 aliphatic rings. The van der Waals surface area contributed by atoms with Crippen molar-refractivity contribution in [3.8, 4) is 22.8 Å². The maximum absolute atomic E-state index is 12.8. The molecule has 3 aromatic rings. The summed E-state index contributed by atoms with van der Waals surface area (Å²) in [6, 6.07) is 13.0. The minimum atomic E-state index is 0.0325. The van der Waals surface area contributed by atoms with E-state index in [0.29, 0.717) is 36.0 Å². The summed E-state index contributed by atoms with van der Waals surface area (Å²) >= 11 is 5.92. The summed E-state index contributed by atoms with van der Waals surface area (Å²) in [4.78, 5) is 4.35. The molecule has 0 N–H and O–H groups in total. The molecule has 5 nitrogen and oxygen atoms in total. The van der Waals surface area contributed by atoms with Gasteiger partial charge in [0.1, 0.15) is 23.1 Å². The summed E-state index contributed by atoms with van der Waals surface area (Å²) in [7, 11) is 0. The van der Waals surface area contributed by atoms with Gasteiger partial charge in [0.05, 0.1) is 18.6 Å². The number of alkyl halides is 1. The minimum Gasteiger partial charge on any atom is -0.710 e. The molecule has 1 aromatic heterocycles. The van der Waals surface area contributed by atoms with E-state index >= 15 is 0 Å². The summed E-state index contributed by atoms with van der Waals surface area (Å²) < 4.78 is 12.0. The number of hydrogen-bond acceptors (Lipinski definition) is 4. The Morgan fingerprint density at radius 1 is 1.04 bits per heavy atom. The molecule has 25 heavy (non-hydrogen) atoms. The fraction of sp³-hybridized carbons (Fsp3) is 0.263. The molecule has 0 saturated heterocycles. The Morgan fingerprint density at radius 2 is 1.68 bits per heavy atom. The number of aromatic nitrogens is 2. The van der Waals surface area contributed by atoms with Gasteiger partial charge in [0.25, 0.3) is 0 Å². The molecule has 130 valence electrons. The lowest BCUT2D eigenvalue weighted by atomic mass is 10.1. The highest BCUT2D eigenvalue weighted by Crippen LogP contribution is 2.32.